The van der Waals surface area contributed by atoms with Crippen molar-refractivity contribution in [2.45, 2.75) is 32.0 Å². The van der Waals surface area contributed by atoms with Crippen LogP contribution in [0.15, 0.2) is 42.0 Å². The molecule has 3 rings (SSSR count). The maximum absolute atomic E-state index is 13.6. The SMILES string of the molecule is CCOC(=O)C1=Cc2cc(Cl)cc(CCc3ccc(F)cc3)c2OC1C(F)(F)F. The van der Waals surface area contributed by atoms with Gasteiger partial charge in [-0.1, -0.05) is 23.7 Å². The molecule has 29 heavy (non-hydrogen) atoms. The van der Waals surface area contributed by atoms with E-state index in [-0.39, 0.29) is 23.7 Å². The van der Waals surface area contributed by atoms with Crippen LogP contribution in [0.4, 0.5) is 17.6 Å². The van der Waals surface area contributed by atoms with Crippen molar-refractivity contribution in [2.75, 3.05) is 6.61 Å². The fourth-order valence-electron chi connectivity index (χ4n) is 3.09. The Kier molecular flexibility index (Phi) is 6.17. The van der Waals surface area contributed by atoms with E-state index in [9.17, 15) is 22.4 Å². The van der Waals surface area contributed by atoms with Gasteiger partial charge >= 0.3 is 12.1 Å². The lowest BCUT2D eigenvalue weighted by atomic mass is 9.96. The number of halogens is 5. The van der Waals surface area contributed by atoms with E-state index in [1.165, 1.54) is 31.2 Å². The van der Waals surface area contributed by atoms with E-state index in [1.54, 1.807) is 12.1 Å². The number of hydrogen-bond donors (Lipinski definition) is 0. The highest BCUT2D eigenvalue weighted by molar-refractivity contribution is 6.30. The van der Waals surface area contributed by atoms with E-state index in [4.69, 9.17) is 21.1 Å². The van der Waals surface area contributed by atoms with Gasteiger partial charge in [0.2, 0.25) is 6.10 Å². The normalized spacial score (nSPS) is 15.9. The van der Waals surface area contributed by atoms with Crippen molar-refractivity contribution in [1.29, 1.82) is 0 Å². The standard InChI is InChI=1S/C21H17ClF4O3/c1-2-28-20(27)17-11-14-10-15(22)9-13(18(14)29-19(17)21(24,25)26)6-3-12-4-7-16(23)8-5-12/h4-5,7-11,19H,2-3,6H2,1H3. The van der Waals surface area contributed by atoms with E-state index in [0.717, 1.165) is 11.6 Å². The highest BCUT2D eigenvalue weighted by Crippen LogP contribution is 2.41. The third-order valence-electron chi connectivity index (χ3n) is 4.39. The summed E-state index contributed by atoms with van der Waals surface area (Å²) >= 11 is 6.13. The molecular formula is C21H17ClF4O3. The average Bonchev–Trinajstić information content (AvgIpc) is 2.65. The minimum atomic E-state index is -4.80. The Hall–Kier alpha value is -2.54. The van der Waals surface area contributed by atoms with Crippen LogP contribution in [0.25, 0.3) is 6.08 Å². The summed E-state index contributed by atoms with van der Waals surface area (Å²) in [7, 11) is 0. The summed E-state index contributed by atoms with van der Waals surface area (Å²) in [6.07, 6.45) is -5.35. The zero-order chi connectivity index (χ0) is 21.2. The fourth-order valence-corrected chi connectivity index (χ4v) is 3.34. The Bertz CT molecular complexity index is 936. The van der Waals surface area contributed by atoms with Gasteiger partial charge in [0.25, 0.3) is 0 Å². The van der Waals surface area contributed by atoms with E-state index < -0.39 is 23.8 Å². The van der Waals surface area contributed by atoms with Crippen molar-refractivity contribution >= 4 is 23.6 Å². The molecule has 0 aromatic heterocycles. The first-order valence-electron chi connectivity index (χ1n) is 8.88. The lowest BCUT2D eigenvalue weighted by Gasteiger charge is -2.29. The molecule has 0 fully saturated rings. The van der Waals surface area contributed by atoms with Crippen molar-refractivity contribution < 1.29 is 31.8 Å². The number of rotatable bonds is 5. The van der Waals surface area contributed by atoms with Crippen molar-refractivity contribution in [3.8, 4) is 5.75 Å². The van der Waals surface area contributed by atoms with Gasteiger partial charge in [-0.05, 0) is 61.2 Å². The largest absolute Gasteiger partial charge is 0.475 e. The molecule has 1 unspecified atom stereocenters. The Morgan fingerprint density at radius 1 is 1.17 bits per heavy atom. The monoisotopic (exact) mass is 428 g/mol. The van der Waals surface area contributed by atoms with E-state index in [0.29, 0.717) is 23.4 Å². The smallest absolute Gasteiger partial charge is 0.430 e. The molecule has 2 aromatic carbocycles. The Labute approximate surface area is 169 Å². The molecule has 0 radical (unpaired) electrons. The maximum atomic E-state index is 13.6. The third-order valence-corrected chi connectivity index (χ3v) is 4.61. The summed E-state index contributed by atoms with van der Waals surface area (Å²) in [5.41, 5.74) is 0.921. The molecule has 0 aliphatic carbocycles. The summed E-state index contributed by atoms with van der Waals surface area (Å²) in [6.45, 7) is 1.44. The van der Waals surface area contributed by atoms with Gasteiger partial charge in [-0.3, -0.25) is 0 Å². The molecule has 0 N–H and O–H groups in total. The molecule has 1 atom stereocenters. The van der Waals surface area contributed by atoms with Crippen LogP contribution in [-0.2, 0) is 22.4 Å². The van der Waals surface area contributed by atoms with Crippen molar-refractivity contribution in [2.24, 2.45) is 0 Å². The van der Waals surface area contributed by atoms with E-state index in [1.807, 2.05) is 0 Å². The summed E-state index contributed by atoms with van der Waals surface area (Å²) in [4.78, 5) is 12.0. The molecule has 154 valence electrons. The molecule has 0 bridgehead atoms. The molecule has 8 heteroatoms. The second kappa shape index (κ2) is 8.45. The summed E-state index contributed by atoms with van der Waals surface area (Å²) < 4.78 is 63.7. The second-order valence-corrected chi connectivity index (χ2v) is 6.91. The zero-order valence-electron chi connectivity index (χ0n) is 15.4. The lowest BCUT2D eigenvalue weighted by Crippen LogP contribution is -2.41. The number of esters is 1. The average molecular weight is 429 g/mol. The summed E-state index contributed by atoms with van der Waals surface area (Å²) in [6, 6.07) is 8.79. The van der Waals surface area contributed by atoms with Crippen molar-refractivity contribution in [1.82, 2.24) is 0 Å². The minimum absolute atomic E-state index is 0.0203. The van der Waals surface area contributed by atoms with Crippen molar-refractivity contribution in [3.05, 3.63) is 69.5 Å². The molecule has 1 heterocycles. The Balaban J connectivity index is 1.97. The number of aryl methyl sites for hydroxylation is 2. The van der Waals surface area contributed by atoms with Crippen LogP contribution in [-0.4, -0.2) is 24.9 Å². The number of benzene rings is 2. The first-order chi connectivity index (χ1) is 13.7. The summed E-state index contributed by atoms with van der Waals surface area (Å²) in [5.74, 6) is -1.44. The fraction of sp³-hybridized carbons (Fsp3) is 0.286. The molecule has 0 saturated heterocycles. The highest BCUT2D eigenvalue weighted by Gasteiger charge is 2.49. The molecule has 0 spiro atoms. The predicted octanol–water partition coefficient (Wildman–Crippen LogP) is 5.53. The van der Waals surface area contributed by atoms with Gasteiger partial charge in [0.15, 0.2) is 0 Å². The molecule has 0 amide bonds. The topological polar surface area (TPSA) is 35.5 Å². The van der Waals surface area contributed by atoms with Gasteiger partial charge in [0.1, 0.15) is 11.6 Å². The first-order valence-corrected chi connectivity index (χ1v) is 9.25. The van der Waals surface area contributed by atoms with Crippen molar-refractivity contribution in [3.63, 3.8) is 0 Å². The van der Waals surface area contributed by atoms with E-state index in [2.05, 4.69) is 0 Å². The molecule has 3 nitrogen and oxygen atoms in total. The first kappa shape index (κ1) is 21.2. The lowest BCUT2D eigenvalue weighted by molar-refractivity contribution is -0.188. The number of carbonyl (C=O) groups excluding carboxylic acids is 1. The van der Waals surface area contributed by atoms with Crippen LogP contribution in [0.5, 0.6) is 5.75 Å². The van der Waals surface area contributed by atoms with Crippen LogP contribution in [0.2, 0.25) is 5.02 Å². The molecule has 1 aliphatic heterocycles. The van der Waals surface area contributed by atoms with Crippen LogP contribution < -0.4 is 4.74 Å². The predicted molar refractivity (Wildman–Crippen MR) is 100 cm³/mol. The number of hydrogen-bond acceptors (Lipinski definition) is 3. The number of ether oxygens (including phenoxy) is 2. The summed E-state index contributed by atoms with van der Waals surface area (Å²) in [5, 5.41) is 0.298. The van der Waals surface area contributed by atoms with Gasteiger partial charge in [-0.2, -0.15) is 13.2 Å². The maximum Gasteiger partial charge on any atom is 0.430 e. The molecule has 0 saturated carbocycles. The Morgan fingerprint density at radius 3 is 2.48 bits per heavy atom. The van der Waals surface area contributed by atoms with Gasteiger partial charge in [0, 0.05) is 10.6 Å². The number of fused-ring (bicyclic) bond motifs is 1. The van der Waals surface area contributed by atoms with Crippen LogP contribution >= 0.6 is 11.6 Å². The number of alkyl halides is 3. The minimum Gasteiger partial charge on any atom is -0.475 e. The zero-order valence-corrected chi connectivity index (χ0v) is 16.1. The molecule has 2 aromatic rings. The molecular weight excluding hydrogens is 412 g/mol. The third kappa shape index (κ3) is 4.90. The van der Waals surface area contributed by atoms with Gasteiger partial charge in [0.05, 0.1) is 12.2 Å². The highest BCUT2D eigenvalue weighted by atomic mass is 35.5. The van der Waals surface area contributed by atoms with Gasteiger partial charge in [-0.25, -0.2) is 9.18 Å². The van der Waals surface area contributed by atoms with Crippen LogP contribution in [0, 0.1) is 5.82 Å². The quantitative estimate of drug-likeness (QED) is 0.463. The Morgan fingerprint density at radius 2 is 1.86 bits per heavy atom. The number of carbonyl (C=O) groups is 1. The second-order valence-electron chi connectivity index (χ2n) is 6.47. The van der Waals surface area contributed by atoms with Crippen LogP contribution in [0.3, 0.4) is 0 Å². The van der Waals surface area contributed by atoms with Gasteiger partial charge in [-0.15, -0.1) is 0 Å². The van der Waals surface area contributed by atoms with E-state index >= 15 is 0 Å². The van der Waals surface area contributed by atoms with Crippen LogP contribution in [0.1, 0.15) is 23.6 Å². The molecule has 1 aliphatic rings. The van der Waals surface area contributed by atoms with Gasteiger partial charge < -0.3 is 9.47 Å².